The Kier molecular flexibility index (Phi) is 1.47. The molecule has 0 aromatic carbocycles. The van der Waals surface area contributed by atoms with Crippen LogP contribution in [-0.2, 0) is 9.27 Å². The van der Waals surface area contributed by atoms with E-state index < -0.39 is 7.56 Å². The molecule has 5 heteroatoms. The van der Waals surface area contributed by atoms with Crippen molar-refractivity contribution in [2.45, 2.75) is 0 Å². The van der Waals surface area contributed by atoms with Crippen LogP contribution in [0.5, 0.6) is 0 Å². The fraction of sp³-hybridized carbons (Fsp3) is 0. The summed E-state index contributed by atoms with van der Waals surface area (Å²) in [4.78, 5) is 0. The van der Waals surface area contributed by atoms with Crippen molar-refractivity contribution in [1.82, 2.24) is 0 Å². The van der Waals surface area contributed by atoms with Crippen LogP contribution in [0.1, 0.15) is 0 Å². The molecule has 1 unspecified atom stereocenters. The predicted octanol–water partition coefficient (Wildman–Crippen LogP) is -0.406. The summed E-state index contributed by atoms with van der Waals surface area (Å²) in [5.74, 6) is 0. The first kappa shape index (κ1) is 3.23. The summed E-state index contributed by atoms with van der Waals surface area (Å²) in [5.41, 5.74) is 0. The zero-order valence-electron chi connectivity index (χ0n) is 3.42. The second kappa shape index (κ2) is 2.28. The average molecular weight is 87.6 g/mol. The van der Waals surface area contributed by atoms with Gasteiger partial charge in [-0.05, 0) is 0 Å². The van der Waals surface area contributed by atoms with Crippen molar-refractivity contribution < 1.29 is 9.27 Å². The molecule has 0 heterocycles. The van der Waals surface area contributed by atoms with Gasteiger partial charge in [0.1, 0.15) is 0 Å². The van der Waals surface area contributed by atoms with Gasteiger partial charge in [-0.15, -0.1) is 0 Å². The topological polar surface area (TPSA) is 34.1 Å². The van der Waals surface area contributed by atoms with E-state index in [1.807, 2.05) is 0 Å². The second-order valence-corrected chi connectivity index (χ2v) is 1.40. The van der Waals surface area contributed by atoms with Crippen molar-refractivity contribution in [3.8, 4) is 0 Å². The fourth-order valence-electron chi connectivity index (χ4n) is 0. The van der Waals surface area contributed by atoms with E-state index >= 15 is 0 Å². The van der Waals surface area contributed by atoms with E-state index in [1.165, 1.54) is 0 Å². The zero-order chi connectivity index (χ0) is 4.99. The Morgan fingerprint density at radius 3 is 2.80 bits per heavy atom. The third-order valence-electron chi connectivity index (χ3n) is 0.104. The van der Waals surface area contributed by atoms with Crippen LogP contribution in [-0.4, -0.2) is 15.7 Å². The van der Waals surface area contributed by atoms with Gasteiger partial charge in [-0.2, -0.15) is 0 Å². The van der Waals surface area contributed by atoms with Gasteiger partial charge in [0, 0.05) is 0 Å². The van der Waals surface area contributed by atoms with Crippen LogP contribution in [0, 0.1) is 0 Å². The second-order valence-electron chi connectivity index (χ2n) is 0.465. The zero-order valence-corrected chi connectivity index (χ0v) is 3.31. The van der Waals surface area contributed by atoms with Gasteiger partial charge in [-0.3, -0.25) is 0 Å². The summed E-state index contributed by atoms with van der Waals surface area (Å²) in [6.07, 6.45) is 0. The molecule has 0 aromatic heterocycles. The third-order valence-corrected chi connectivity index (χ3v) is 0.312. The van der Waals surface area contributed by atoms with Crippen molar-refractivity contribution in [2.75, 3.05) is 0 Å². The van der Waals surface area contributed by atoms with Gasteiger partial charge < -0.3 is 0 Å². The predicted molar refractivity (Wildman–Crippen MR) is 21.2 cm³/mol. The molecule has 0 saturated heterocycles. The minimum atomic E-state index is -1.97. The number of hydrogen-bond donors (Lipinski definition) is 0. The summed E-state index contributed by atoms with van der Waals surface area (Å²) < 4.78 is 25.2. The maximum atomic E-state index is 9.72. The molecule has 0 spiro atoms. The molecule has 0 aliphatic heterocycles. The van der Waals surface area contributed by atoms with Crippen molar-refractivity contribution in [3.05, 3.63) is 0 Å². The van der Waals surface area contributed by atoms with E-state index in [2.05, 4.69) is 0 Å². The molecule has 0 saturated carbocycles. The van der Waals surface area contributed by atoms with Crippen LogP contribution in [0.2, 0.25) is 0 Å². The molecule has 23 valence electrons. The van der Waals surface area contributed by atoms with Crippen molar-refractivity contribution in [3.63, 3.8) is 0 Å². The molecule has 0 aliphatic carbocycles. The van der Waals surface area contributed by atoms with Gasteiger partial charge in [0.2, 0.25) is 0 Å². The third kappa shape index (κ3) is 4.03. The van der Waals surface area contributed by atoms with E-state index in [0.29, 0.717) is 7.53 Å². The summed E-state index contributed by atoms with van der Waals surface area (Å²) in [7, 11) is -1.35. The minimum absolute atomic E-state index is 0.238. The number of rotatable bonds is 2. The van der Waals surface area contributed by atoms with Crippen molar-refractivity contribution in [1.29, 1.82) is 1.34 Å². The summed E-state index contributed by atoms with van der Waals surface area (Å²) in [6.45, 7) is 0.238. The van der Waals surface area contributed by atoms with Gasteiger partial charge in [0.05, 0.1) is 0 Å². The molecular formula is HB2O2P+. The van der Waals surface area contributed by atoms with Gasteiger partial charge >= 0.3 is 32.6 Å². The Morgan fingerprint density at radius 2 is 2.80 bits per heavy atom. The molecule has 0 bridgehead atoms. The summed E-state index contributed by atoms with van der Waals surface area (Å²) in [6, 6.07) is 0. The molecule has 2 nitrogen and oxygen atoms in total. The molecule has 0 aromatic rings. The molecule has 0 aliphatic rings. The molecule has 1 radical (unpaired) electrons. The molecule has 5 heavy (non-hydrogen) atoms. The van der Waals surface area contributed by atoms with Crippen LogP contribution >= 0.6 is 7.56 Å². The standard InChI is InChI=1S/B2HO2P/c1-5(4)2-3/h1H/q+1/i1T. The molecule has 0 amide bonds. The summed E-state index contributed by atoms with van der Waals surface area (Å²) >= 11 is 0. The first-order chi connectivity index (χ1) is 2.81. The Balaban J connectivity index is 3.23. The maximum absolute atomic E-state index is 9.72. The van der Waals surface area contributed by atoms with Crippen molar-refractivity contribution in [2.24, 2.45) is 0 Å². The Morgan fingerprint density at radius 1 is 2.20 bits per heavy atom. The fourth-order valence-corrected chi connectivity index (χ4v) is 0. The normalized spacial score (nSPS) is 11.2. The van der Waals surface area contributed by atoms with Crippen LogP contribution in [0.4, 0.5) is 0 Å². The molecule has 0 fully saturated rings. The molecular weight excluding hydrogens is 84.6 g/mol. The SMILES string of the molecule is [3H][B][P+](=O)B=O. The van der Waals surface area contributed by atoms with E-state index in [4.69, 9.17) is 1.34 Å². The Hall–Kier alpha value is 0.0299. The monoisotopic (exact) mass is 88.0 g/mol. The Bertz CT molecular complexity index is 71.9. The van der Waals surface area contributed by atoms with Crippen LogP contribution in [0.3, 0.4) is 0 Å². The van der Waals surface area contributed by atoms with Crippen molar-refractivity contribution >= 4 is 22.0 Å². The van der Waals surface area contributed by atoms with Gasteiger partial charge in [-0.25, -0.2) is 0 Å². The van der Waals surface area contributed by atoms with Crippen LogP contribution in [0.15, 0.2) is 0 Å². The molecule has 0 rings (SSSR count). The Labute approximate surface area is 33.7 Å². The van der Waals surface area contributed by atoms with E-state index in [0.717, 1.165) is 0 Å². The summed E-state index contributed by atoms with van der Waals surface area (Å²) in [5, 5.41) is 0. The number of hydrogen-bond acceptors (Lipinski definition) is 2. The van der Waals surface area contributed by atoms with Gasteiger partial charge in [0.15, 0.2) is 0 Å². The average Bonchev–Trinajstić information content (AvgIpc) is 1.65. The molecule has 1 atom stereocenters. The first-order valence-corrected chi connectivity index (χ1v) is 2.33. The van der Waals surface area contributed by atoms with E-state index in [1.54, 1.807) is 0 Å². The van der Waals surface area contributed by atoms with Crippen LogP contribution in [0.25, 0.3) is 0 Å². The quantitative estimate of drug-likeness (QED) is 0.339. The molecule has 0 N–H and O–H groups in total. The van der Waals surface area contributed by atoms with Gasteiger partial charge in [-0.1, -0.05) is 0 Å². The first-order valence-electron chi connectivity index (χ1n) is 1.51. The van der Waals surface area contributed by atoms with Gasteiger partial charge in [0.25, 0.3) is 0 Å². The van der Waals surface area contributed by atoms with E-state index in [9.17, 15) is 9.27 Å². The van der Waals surface area contributed by atoms with E-state index in [-0.39, 0.29) is 6.87 Å². The van der Waals surface area contributed by atoms with Crippen LogP contribution < -0.4 is 0 Å².